The Balaban J connectivity index is 1.22. The van der Waals surface area contributed by atoms with E-state index in [0.717, 1.165) is 24.4 Å². The summed E-state index contributed by atoms with van der Waals surface area (Å²) in [5, 5.41) is 0.562. The van der Waals surface area contributed by atoms with Crippen molar-refractivity contribution < 1.29 is 37.2 Å². The van der Waals surface area contributed by atoms with Crippen molar-refractivity contribution in [3.8, 4) is 11.8 Å². The molecule has 0 bridgehead atoms. The van der Waals surface area contributed by atoms with E-state index < -0.39 is 16.4 Å². The highest BCUT2D eigenvalue weighted by molar-refractivity contribution is 6.76. The third kappa shape index (κ3) is 8.88. The van der Waals surface area contributed by atoms with Gasteiger partial charge in [-0.2, -0.15) is 4.98 Å². The number of hydrogen-bond acceptors (Lipinski definition) is 9. The van der Waals surface area contributed by atoms with Crippen molar-refractivity contribution in [3.63, 3.8) is 0 Å². The standard InChI is InChI=1S/C38H57ClFN3O7Si2/c1-10-44-13-14-46-26-17-24-11-12-25(33(24)28(40)19-26)18-29-27(39)20-30-36(41-29)43(23-45-15-16-51(5,6)7)37(42-30)49-31-21-47-35-32(22-48-34(31)35)50-52(8,9)38(2,3)4/h17,19-20,25,31-32,34-35H,10-16,18,21-23H2,1-9H3/t25?,31-,32-,34-,35-/m1/s1. The second kappa shape index (κ2) is 15.9. The number of imidazole rings is 1. The molecule has 1 unspecified atom stereocenters. The average molecular weight is 779 g/mol. The summed E-state index contributed by atoms with van der Waals surface area (Å²) < 4.78 is 60.7. The van der Waals surface area contributed by atoms with Gasteiger partial charge in [0.05, 0.1) is 36.6 Å². The average Bonchev–Trinajstić information content (AvgIpc) is 3.82. The lowest BCUT2D eigenvalue weighted by molar-refractivity contribution is 0.00687. The van der Waals surface area contributed by atoms with Gasteiger partial charge in [-0.05, 0) is 79.5 Å². The lowest BCUT2D eigenvalue weighted by atomic mass is 9.95. The fraction of sp³-hybridized carbons (Fsp3) is 0.684. The van der Waals surface area contributed by atoms with E-state index >= 15 is 4.39 Å². The van der Waals surface area contributed by atoms with Crippen LogP contribution in [0.1, 0.15) is 56.9 Å². The SMILES string of the molecule is CCOCCOc1cc(F)c2c(c1)CCC2Cc1nc2c(cc1Cl)nc(O[C@@H]1CO[C@H]3[C@@H]1OC[C@H]3O[Si](C)(C)C(C)(C)C)n2COCC[Si](C)(C)C. The van der Waals surface area contributed by atoms with E-state index in [4.69, 9.17) is 54.4 Å². The van der Waals surface area contributed by atoms with Crippen LogP contribution in [-0.4, -0.2) is 95.0 Å². The molecule has 52 heavy (non-hydrogen) atoms. The van der Waals surface area contributed by atoms with Gasteiger partial charge < -0.3 is 32.8 Å². The molecule has 2 saturated heterocycles. The van der Waals surface area contributed by atoms with Crippen LogP contribution in [0.5, 0.6) is 11.8 Å². The zero-order valence-corrected chi connectivity index (χ0v) is 35.1. The summed E-state index contributed by atoms with van der Waals surface area (Å²) in [6.45, 7) is 23.2. The number of rotatable bonds is 16. The summed E-state index contributed by atoms with van der Waals surface area (Å²) in [5.74, 6) is 0.201. The normalized spacial score (nSPS) is 23.4. The largest absolute Gasteiger partial charge is 0.491 e. The van der Waals surface area contributed by atoms with Crippen LogP contribution in [0, 0.1) is 5.82 Å². The maximum atomic E-state index is 15.6. The molecule has 2 aromatic heterocycles. The van der Waals surface area contributed by atoms with Crippen molar-refractivity contribution in [3.05, 3.63) is 45.9 Å². The molecule has 5 atom stereocenters. The van der Waals surface area contributed by atoms with Gasteiger partial charge in [-0.3, -0.25) is 4.57 Å². The molecule has 288 valence electrons. The van der Waals surface area contributed by atoms with Gasteiger partial charge in [0.25, 0.3) is 0 Å². The van der Waals surface area contributed by atoms with Gasteiger partial charge in [-0.25, -0.2) is 9.37 Å². The minimum absolute atomic E-state index is 0.0661. The summed E-state index contributed by atoms with van der Waals surface area (Å²) in [7, 11) is -3.34. The summed E-state index contributed by atoms with van der Waals surface area (Å²) in [5.41, 5.74) is 3.58. The van der Waals surface area contributed by atoms with Crippen LogP contribution < -0.4 is 9.47 Å². The molecule has 10 nitrogen and oxygen atoms in total. The summed E-state index contributed by atoms with van der Waals surface area (Å²) >= 11 is 6.88. The molecule has 0 spiro atoms. The molecule has 2 fully saturated rings. The van der Waals surface area contributed by atoms with Crippen LogP contribution in [0.3, 0.4) is 0 Å². The number of fused-ring (bicyclic) bond motifs is 3. The molecule has 6 rings (SSSR count). The molecular weight excluding hydrogens is 721 g/mol. The quantitative estimate of drug-likeness (QED) is 0.106. The highest BCUT2D eigenvalue weighted by atomic mass is 35.5. The summed E-state index contributed by atoms with van der Waals surface area (Å²) in [4.78, 5) is 9.92. The highest BCUT2D eigenvalue weighted by Crippen LogP contribution is 2.42. The van der Waals surface area contributed by atoms with Gasteiger partial charge in [0.15, 0.2) is 20.1 Å². The van der Waals surface area contributed by atoms with Gasteiger partial charge >= 0.3 is 6.01 Å². The molecular formula is C38H57ClFN3O7Si2. The van der Waals surface area contributed by atoms with Crippen molar-refractivity contribution in [1.82, 2.24) is 14.5 Å². The molecule has 0 amide bonds. The van der Waals surface area contributed by atoms with Crippen molar-refractivity contribution in [2.24, 2.45) is 0 Å². The number of ether oxygens (including phenoxy) is 6. The number of aromatic nitrogens is 3. The Kier molecular flexibility index (Phi) is 12.1. The smallest absolute Gasteiger partial charge is 0.301 e. The van der Waals surface area contributed by atoms with Crippen LogP contribution in [0.4, 0.5) is 4.39 Å². The topological polar surface area (TPSA) is 95.3 Å². The predicted molar refractivity (Wildman–Crippen MR) is 206 cm³/mol. The molecule has 14 heteroatoms. The fourth-order valence-electron chi connectivity index (χ4n) is 6.92. The van der Waals surface area contributed by atoms with Crippen LogP contribution in [0.2, 0.25) is 48.8 Å². The Morgan fingerprint density at radius 2 is 1.69 bits per heavy atom. The zero-order chi connectivity index (χ0) is 37.4. The third-order valence-corrected chi connectivity index (χ3v) is 17.4. The van der Waals surface area contributed by atoms with Gasteiger partial charge in [-0.1, -0.05) is 52.0 Å². The van der Waals surface area contributed by atoms with Crippen molar-refractivity contribution in [2.75, 3.05) is 39.6 Å². The Hall–Kier alpha value is -2.11. The van der Waals surface area contributed by atoms with Crippen molar-refractivity contribution in [1.29, 1.82) is 0 Å². The van der Waals surface area contributed by atoms with Crippen LogP contribution in [0.25, 0.3) is 11.2 Å². The predicted octanol–water partition coefficient (Wildman–Crippen LogP) is 8.16. The molecule has 3 aromatic rings. The van der Waals surface area contributed by atoms with Crippen molar-refractivity contribution >= 4 is 39.2 Å². The molecule has 0 radical (unpaired) electrons. The number of pyridine rings is 1. The number of benzene rings is 1. The molecule has 2 aliphatic heterocycles. The first-order valence-electron chi connectivity index (χ1n) is 18.8. The second-order valence-electron chi connectivity index (χ2n) is 17.1. The molecule has 3 aliphatic rings. The fourth-order valence-corrected chi connectivity index (χ4v) is 9.21. The Bertz CT molecular complexity index is 1710. The molecule has 4 heterocycles. The first kappa shape index (κ1) is 39.6. The lowest BCUT2D eigenvalue weighted by Gasteiger charge is -2.39. The minimum atomic E-state index is -2.03. The van der Waals surface area contributed by atoms with E-state index in [1.807, 2.05) is 23.6 Å². The first-order valence-corrected chi connectivity index (χ1v) is 25.8. The van der Waals surface area contributed by atoms with E-state index in [9.17, 15) is 0 Å². The van der Waals surface area contributed by atoms with Gasteiger partial charge in [0.2, 0.25) is 0 Å². The van der Waals surface area contributed by atoms with Gasteiger partial charge in [0, 0.05) is 27.4 Å². The Morgan fingerprint density at radius 1 is 0.962 bits per heavy atom. The molecule has 0 saturated carbocycles. The minimum Gasteiger partial charge on any atom is -0.491 e. The number of nitrogens with zero attached hydrogens (tertiary/aromatic N) is 3. The van der Waals surface area contributed by atoms with E-state index in [-0.39, 0.29) is 47.9 Å². The summed E-state index contributed by atoms with van der Waals surface area (Å²) in [6, 6.07) is 6.66. The van der Waals surface area contributed by atoms with E-state index in [1.165, 1.54) is 6.07 Å². The molecule has 0 N–H and O–H groups in total. The third-order valence-electron chi connectivity index (χ3n) is 10.9. The van der Waals surface area contributed by atoms with Crippen molar-refractivity contribution in [2.45, 2.75) is 128 Å². The van der Waals surface area contributed by atoms with Gasteiger partial charge in [-0.15, -0.1) is 0 Å². The second-order valence-corrected chi connectivity index (χ2v) is 27.8. The summed E-state index contributed by atoms with van der Waals surface area (Å²) in [6.07, 6.45) is 1.03. The zero-order valence-electron chi connectivity index (χ0n) is 32.4. The van der Waals surface area contributed by atoms with Crippen LogP contribution >= 0.6 is 11.6 Å². The lowest BCUT2D eigenvalue weighted by Crippen LogP contribution is -2.47. The maximum Gasteiger partial charge on any atom is 0.301 e. The van der Waals surface area contributed by atoms with Gasteiger partial charge in [0.1, 0.15) is 42.6 Å². The van der Waals surface area contributed by atoms with Crippen LogP contribution in [0.15, 0.2) is 18.2 Å². The number of hydrogen-bond donors (Lipinski definition) is 0. The van der Waals surface area contributed by atoms with E-state index in [1.54, 1.807) is 0 Å². The Labute approximate surface area is 315 Å². The number of aryl methyl sites for hydroxylation is 1. The highest BCUT2D eigenvalue weighted by Gasteiger charge is 2.52. The Morgan fingerprint density at radius 3 is 2.40 bits per heavy atom. The maximum absolute atomic E-state index is 15.6. The monoisotopic (exact) mass is 777 g/mol. The van der Waals surface area contributed by atoms with E-state index in [0.29, 0.717) is 85.3 Å². The van der Waals surface area contributed by atoms with Crippen LogP contribution in [-0.2, 0) is 42.9 Å². The molecule has 1 aliphatic carbocycles. The molecule has 1 aromatic carbocycles. The van der Waals surface area contributed by atoms with E-state index in [2.05, 4.69) is 53.5 Å². The first-order chi connectivity index (χ1) is 24.5. The number of halogens is 2.